The van der Waals surface area contributed by atoms with Gasteiger partial charge in [-0.1, -0.05) is 47.7 Å². The average Bonchev–Trinajstić information content (AvgIpc) is 3.27. The largest absolute Gasteiger partial charge is 0.320 e. The first-order chi connectivity index (χ1) is 16.6. The third kappa shape index (κ3) is 3.96. The van der Waals surface area contributed by atoms with Crippen LogP contribution in [0, 0.1) is 23.2 Å². The van der Waals surface area contributed by atoms with Gasteiger partial charge in [0.2, 0.25) is 15.7 Å². The van der Waals surface area contributed by atoms with Gasteiger partial charge in [-0.05, 0) is 80.5 Å². The number of nitrogens with one attached hydrogen (secondary N) is 2. The molecule has 4 aliphatic rings. The smallest absolute Gasteiger partial charge is 0.286 e. The summed E-state index contributed by atoms with van der Waals surface area (Å²) in [5.41, 5.74) is 4.06. The zero-order valence-corrected chi connectivity index (χ0v) is 19.6. The van der Waals surface area contributed by atoms with E-state index in [2.05, 4.69) is 20.9 Å². The minimum atomic E-state index is -0.310. The van der Waals surface area contributed by atoms with Crippen LogP contribution in [0.2, 0.25) is 0 Å². The number of benzene rings is 2. The van der Waals surface area contributed by atoms with Crippen LogP contribution in [0.25, 0.3) is 5.69 Å². The van der Waals surface area contributed by atoms with E-state index in [-0.39, 0.29) is 22.2 Å². The molecule has 0 aliphatic heterocycles. The summed E-state index contributed by atoms with van der Waals surface area (Å²) >= 11 is 1.16. The summed E-state index contributed by atoms with van der Waals surface area (Å²) in [6, 6.07) is 18.8. The molecule has 34 heavy (non-hydrogen) atoms. The molecule has 4 bridgehead atoms. The minimum absolute atomic E-state index is 0.0231. The molecule has 0 saturated heterocycles. The van der Waals surface area contributed by atoms with Crippen molar-refractivity contribution in [2.75, 3.05) is 5.32 Å². The van der Waals surface area contributed by atoms with E-state index >= 15 is 0 Å². The molecule has 8 heteroatoms. The highest BCUT2D eigenvalue weighted by atomic mass is 32.1. The van der Waals surface area contributed by atoms with E-state index < -0.39 is 0 Å². The van der Waals surface area contributed by atoms with Gasteiger partial charge in [-0.25, -0.2) is 10.1 Å². The Labute approximate surface area is 201 Å². The lowest BCUT2D eigenvalue weighted by Gasteiger charge is -2.55. The maximum absolute atomic E-state index is 13.4. The summed E-state index contributed by atoms with van der Waals surface area (Å²) in [4.78, 5) is 26.7. The Morgan fingerprint density at radius 3 is 2.12 bits per heavy atom. The molecule has 1 heterocycles. The second kappa shape index (κ2) is 8.51. The lowest BCUT2D eigenvalue weighted by molar-refractivity contribution is -0.146. The predicted molar refractivity (Wildman–Crippen MR) is 130 cm³/mol. The fourth-order valence-corrected chi connectivity index (χ4v) is 7.26. The number of carbonyl (C=O) groups is 2. The van der Waals surface area contributed by atoms with Crippen molar-refractivity contribution in [1.29, 1.82) is 0 Å². The number of amides is 2. The van der Waals surface area contributed by atoms with Crippen LogP contribution in [0.1, 0.15) is 48.3 Å². The molecule has 7 nitrogen and oxygen atoms in total. The van der Waals surface area contributed by atoms with Crippen LogP contribution in [0.3, 0.4) is 0 Å². The van der Waals surface area contributed by atoms with E-state index in [1.54, 1.807) is 4.68 Å². The van der Waals surface area contributed by atoms with Crippen molar-refractivity contribution < 1.29 is 9.59 Å². The second-order valence-electron chi connectivity index (χ2n) is 10.0. The van der Waals surface area contributed by atoms with E-state index in [0.717, 1.165) is 36.3 Å². The number of hydrogen-bond donors (Lipinski definition) is 2. The standard InChI is InChI=1S/C26H27N5O2S/c32-22(27-20-7-3-1-4-8-20)23-30-31(21-9-5-2-6-10-21)25(34-23)29-28-24(33)26-14-17-11-18(15-26)13-19(12-17)16-26/h1-10,17-19H,11-16H2,(H,27,32)(H,28,33)/b29-25-. The Morgan fingerprint density at radius 2 is 1.50 bits per heavy atom. The van der Waals surface area contributed by atoms with Gasteiger partial charge >= 0.3 is 0 Å². The van der Waals surface area contributed by atoms with Crippen LogP contribution in [-0.4, -0.2) is 21.6 Å². The fourth-order valence-electron chi connectivity index (χ4n) is 6.49. The summed E-state index contributed by atoms with van der Waals surface area (Å²) in [7, 11) is 0. The molecule has 4 fully saturated rings. The van der Waals surface area contributed by atoms with Crippen molar-refractivity contribution in [3.63, 3.8) is 0 Å². The molecule has 4 saturated carbocycles. The highest BCUT2D eigenvalue weighted by Crippen LogP contribution is 2.60. The summed E-state index contributed by atoms with van der Waals surface area (Å²) < 4.78 is 1.62. The zero-order valence-electron chi connectivity index (χ0n) is 18.8. The highest BCUT2D eigenvalue weighted by molar-refractivity contribution is 7.11. The van der Waals surface area contributed by atoms with Crippen molar-refractivity contribution in [1.82, 2.24) is 15.2 Å². The Morgan fingerprint density at radius 1 is 0.912 bits per heavy atom. The first-order valence-corrected chi connectivity index (χ1v) is 12.8. The predicted octanol–water partition coefficient (Wildman–Crippen LogP) is 4.33. The molecular formula is C26H27N5O2S. The molecule has 0 spiro atoms. The van der Waals surface area contributed by atoms with Crippen LogP contribution in [-0.2, 0) is 4.79 Å². The third-order valence-electron chi connectivity index (χ3n) is 7.56. The third-order valence-corrected chi connectivity index (χ3v) is 8.47. The normalized spacial score (nSPS) is 27.5. The number of rotatable bonds is 5. The Hall–Kier alpha value is -3.26. The average molecular weight is 474 g/mol. The molecule has 0 radical (unpaired) electrons. The molecule has 4 aliphatic carbocycles. The van der Waals surface area contributed by atoms with Crippen LogP contribution < -0.4 is 15.5 Å². The van der Waals surface area contributed by atoms with Gasteiger partial charge in [-0.3, -0.25) is 9.59 Å². The summed E-state index contributed by atoms with van der Waals surface area (Å²) in [5.74, 6) is 1.76. The number of para-hydroxylation sites is 2. The molecular weight excluding hydrogens is 446 g/mol. The lowest BCUT2D eigenvalue weighted by atomic mass is 9.49. The molecule has 3 aromatic rings. The maximum atomic E-state index is 13.4. The van der Waals surface area contributed by atoms with Gasteiger partial charge in [0.05, 0.1) is 11.1 Å². The number of aromatic nitrogens is 2. The first kappa shape index (κ1) is 21.3. The lowest BCUT2D eigenvalue weighted by Crippen LogP contribution is -2.53. The van der Waals surface area contributed by atoms with E-state index in [1.165, 1.54) is 19.3 Å². The number of nitrogens with zero attached hydrogens (tertiary/aromatic N) is 3. The van der Waals surface area contributed by atoms with Crippen molar-refractivity contribution in [3.8, 4) is 5.69 Å². The van der Waals surface area contributed by atoms with E-state index in [0.29, 0.717) is 28.2 Å². The van der Waals surface area contributed by atoms with Gasteiger partial charge in [-0.2, -0.15) is 0 Å². The van der Waals surface area contributed by atoms with Gasteiger partial charge in [0.15, 0.2) is 0 Å². The molecule has 2 N–H and O–H groups in total. The molecule has 1 aromatic heterocycles. The highest BCUT2D eigenvalue weighted by Gasteiger charge is 2.54. The van der Waals surface area contributed by atoms with E-state index in [9.17, 15) is 9.59 Å². The van der Waals surface area contributed by atoms with E-state index in [1.807, 2.05) is 60.7 Å². The Bertz CT molecular complexity index is 1250. The fraction of sp³-hybridized carbons (Fsp3) is 0.385. The topological polar surface area (TPSA) is 88.4 Å². The quantitative estimate of drug-likeness (QED) is 0.541. The summed E-state index contributed by atoms with van der Waals surface area (Å²) in [6.45, 7) is 0. The van der Waals surface area contributed by atoms with Crippen LogP contribution in [0.4, 0.5) is 5.69 Å². The maximum Gasteiger partial charge on any atom is 0.286 e. The van der Waals surface area contributed by atoms with E-state index in [4.69, 9.17) is 0 Å². The second-order valence-corrected chi connectivity index (χ2v) is 11.0. The molecule has 174 valence electrons. The summed E-state index contributed by atoms with van der Waals surface area (Å²) in [6.07, 6.45) is 6.79. The van der Waals surface area contributed by atoms with Crippen LogP contribution in [0.15, 0.2) is 65.8 Å². The van der Waals surface area contributed by atoms with Crippen LogP contribution >= 0.6 is 11.3 Å². The van der Waals surface area contributed by atoms with Gasteiger partial charge in [-0.15, -0.1) is 10.2 Å². The van der Waals surface area contributed by atoms with Crippen molar-refractivity contribution in [3.05, 3.63) is 70.5 Å². The van der Waals surface area contributed by atoms with Crippen LogP contribution in [0.5, 0.6) is 0 Å². The monoisotopic (exact) mass is 473 g/mol. The Balaban J connectivity index is 1.29. The molecule has 7 rings (SSSR count). The number of anilines is 1. The van der Waals surface area contributed by atoms with Gasteiger partial charge in [0, 0.05) is 5.69 Å². The number of hydrogen-bond acceptors (Lipinski definition) is 5. The molecule has 0 atom stereocenters. The van der Waals surface area contributed by atoms with Crippen molar-refractivity contribution >= 4 is 28.8 Å². The Kier molecular flexibility index (Phi) is 5.32. The van der Waals surface area contributed by atoms with Gasteiger partial charge < -0.3 is 5.32 Å². The van der Waals surface area contributed by atoms with Gasteiger partial charge in [0.1, 0.15) is 0 Å². The molecule has 2 amide bonds. The molecule has 2 aromatic carbocycles. The molecule has 0 unspecified atom stereocenters. The minimum Gasteiger partial charge on any atom is -0.320 e. The first-order valence-electron chi connectivity index (χ1n) is 11.9. The number of carbonyl (C=O) groups excluding carboxylic acids is 2. The van der Waals surface area contributed by atoms with Crippen molar-refractivity contribution in [2.45, 2.75) is 38.5 Å². The van der Waals surface area contributed by atoms with Crippen molar-refractivity contribution in [2.24, 2.45) is 28.3 Å². The van der Waals surface area contributed by atoms with Gasteiger partial charge in [0.25, 0.3) is 5.91 Å². The SMILES string of the molecule is O=C(Nc1ccccc1)c1nn(-c2ccccc2)/c(=N/NC(=O)C23CC4CC(CC(C4)C2)C3)s1. The zero-order chi connectivity index (χ0) is 23.1. The summed E-state index contributed by atoms with van der Waals surface area (Å²) in [5, 5.41) is 12.2.